The van der Waals surface area contributed by atoms with Gasteiger partial charge in [-0.1, -0.05) is 24.3 Å². The van der Waals surface area contributed by atoms with Crippen molar-refractivity contribution in [3.05, 3.63) is 76.9 Å². The molecule has 150 valence electrons. The monoisotopic (exact) mass is 397 g/mol. The number of hydrogen-bond donors (Lipinski definition) is 2. The molecule has 5 nitrogen and oxygen atoms in total. The summed E-state index contributed by atoms with van der Waals surface area (Å²) in [6.45, 7) is 8.23. The number of hydrogen-bond acceptors (Lipinski definition) is 5. The van der Waals surface area contributed by atoms with E-state index < -0.39 is 0 Å². The molecule has 4 rings (SSSR count). The molecule has 0 radical (unpaired) electrons. The molecule has 0 spiro atoms. The van der Waals surface area contributed by atoms with Crippen LogP contribution in [0.2, 0.25) is 0 Å². The van der Waals surface area contributed by atoms with Gasteiger partial charge < -0.3 is 10.2 Å². The van der Waals surface area contributed by atoms with Crippen molar-refractivity contribution in [2.24, 2.45) is 0 Å². The molecule has 0 amide bonds. The Kier molecular flexibility index (Phi) is 4.96. The highest BCUT2D eigenvalue weighted by Gasteiger charge is 2.15. The van der Waals surface area contributed by atoms with Crippen LogP contribution in [0.3, 0.4) is 0 Å². The van der Waals surface area contributed by atoms with E-state index in [1.54, 1.807) is 6.07 Å². The molecule has 3 aromatic carbocycles. The second-order valence-corrected chi connectivity index (χ2v) is 7.61. The van der Waals surface area contributed by atoms with Crippen molar-refractivity contribution >= 4 is 0 Å². The summed E-state index contributed by atoms with van der Waals surface area (Å²) in [7, 11) is 0. The van der Waals surface area contributed by atoms with Crippen LogP contribution < -0.4 is 0 Å². The van der Waals surface area contributed by atoms with Crippen LogP contribution >= 0.6 is 0 Å². The van der Waals surface area contributed by atoms with Gasteiger partial charge in [-0.25, -0.2) is 15.0 Å². The first-order valence-corrected chi connectivity index (χ1v) is 9.75. The number of benzene rings is 3. The molecule has 30 heavy (non-hydrogen) atoms. The second kappa shape index (κ2) is 7.59. The van der Waals surface area contributed by atoms with Gasteiger partial charge in [0, 0.05) is 17.2 Å². The average Bonchev–Trinajstić information content (AvgIpc) is 2.71. The number of aryl methyl sites for hydroxylation is 4. The molecule has 0 aliphatic heterocycles. The lowest BCUT2D eigenvalue weighted by molar-refractivity contribution is 0.451. The molecular formula is C25H23N3O2. The molecule has 5 heteroatoms. The fourth-order valence-electron chi connectivity index (χ4n) is 3.22. The maximum atomic E-state index is 10.4. The first-order valence-electron chi connectivity index (χ1n) is 9.75. The van der Waals surface area contributed by atoms with Gasteiger partial charge in [-0.3, -0.25) is 0 Å². The lowest BCUT2D eigenvalue weighted by Gasteiger charge is -2.11. The van der Waals surface area contributed by atoms with Gasteiger partial charge in [0.1, 0.15) is 11.5 Å². The van der Waals surface area contributed by atoms with Crippen molar-refractivity contribution in [1.82, 2.24) is 15.0 Å². The first-order chi connectivity index (χ1) is 14.3. The minimum atomic E-state index is -0.0849. The van der Waals surface area contributed by atoms with E-state index in [0.29, 0.717) is 23.0 Å². The summed E-state index contributed by atoms with van der Waals surface area (Å²) in [5.41, 5.74) is 6.88. The molecule has 2 N–H and O–H groups in total. The highest BCUT2D eigenvalue weighted by atomic mass is 16.3. The van der Waals surface area contributed by atoms with Gasteiger partial charge in [-0.2, -0.15) is 0 Å². The zero-order valence-corrected chi connectivity index (χ0v) is 17.4. The predicted molar refractivity (Wildman–Crippen MR) is 118 cm³/mol. The standard InChI is InChI=1S/C25H23N3O2/c1-14-5-7-18(11-16(14)3)23-26-24(19-8-6-15(2)17(4)12-19)28-25(27-23)21-10-9-20(29)13-22(21)30/h5-13,29-30H,1-4H3. The Bertz CT molecular complexity index is 1200. The van der Waals surface area contributed by atoms with Crippen molar-refractivity contribution in [2.75, 3.05) is 0 Å². The van der Waals surface area contributed by atoms with Crippen molar-refractivity contribution in [3.8, 4) is 45.7 Å². The maximum absolute atomic E-state index is 10.4. The molecule has 0 unspecified atom stereocenters. The van der Waals surface area contributed by atoms with Crippen LogP contribution in [0.5, 0.6) is 11.5 Å². The summed E-state index contributed by atoms with van der Waals surface area (Å²) in [4.78, 5) is 14.0. The number of phenolic OH excluding ortho intramolecular Hbond substituents is 2. The molecule has 0 saturated carbocycles. The fraction of sp³-hybridized carbons (Fsp3) is 0.160. The topological polar surface area (TPSA) is 79.1 Å². The van der Waals surface area contributed by atoms with E-state index in [4.69, 9.17) is 4.98 Å². The minimum absolute atomic E-state index is 0.0194. The molecule has 0 bridgehead atoms. The van der Waals surface area contributed by atoms with Crippen molar-refractivity contribution in [2.45, 2.75) is 27.7 Å². The summed E-state index contributed by atoms with van der Waals surface area (Å²) in [6, 6.07) is 16.6. The van der Waals surface area contributed by atoms with Crippen LogP contribution in [-0.4, -0.2) is 25.2 Å². The molecule has 1 heterocycles. The zero-order chi connectivity index (χ0) is 21.4. The molecule has 0 atom stereocenters. The molecule has 0 fully saturated rings. The van der Waals surface area contributed by atoms with Crippen LogP contribution in [0.25, 0.3) is 34.2 Å². The summed E-state index contributed by atoms with van der Waals surface area (Å²) in [6.07, 6.45) is 0. The Balaban J connectivity index is 1.95. The summed E-state index contributed by atoms with van der Waals surface area (Å²) < 4.78 is 0. The molecule has 4 aromatic rings. The summed E-state index contributed by atoms with van der Waals surface area (Å²) in [5, 5.41) is 20.0. The minimum Gasteiger partial charge on any atom is -0.508 e. The third-order valence-corrected chi connectivity index (χ3v) is 5.39. The number of rotatable bonds is 3. The van der Waals surface area contributed by atoms with Crippen LogP contribution in [0.15, 0.2) is 54.6 Å². The number of aromatic hydroxyl groups is 2. The predicted octanol–water partition coefficient (Wildman–Crippen LogP) is 5.52. The van der Waals surface area contributed by atoms with E-state index in [2.05, 4.69) is 49.8 Å². The highest BCUT2D eigenvalue weighted by Crippen LogP contribution is 2.32. The second-order valence-electron chi connectivity index (χ2n) is 7.61. The fourth-order valence-corrected chi connectivity index (χ4v) is 3.22. The largest absolute Gasteiger partial charge is 0.508 e. The zero-order valence-electron chi connectivity index (χ0n) is 17.4. The summed E-state index contributed by atoms with van der Waals surface area (Å²) >= 11 is 0. The first kappa shape index (κ1) is 19.6. The quantitative estimate of drug-likeness (QED) is 0.476. The molecule has 0 saturated heterocycles. The Morgan fingerprint density at radius 3 is 1.50 bits per heavy atom. The lowest BCUT2D eigenvalue weighted by atomic mass is 10.0. The number of aromatic nitrogens is 3. The van der Waals surface area contributed by atoms with Gasteiger partial charge in [0.05, 0.1) is 5.56 Å². The average molecular weight is 397 g/mol. The molecule has 0 aliphatic carbocycles. The van der Waals surface area contributed by atoms with Crippen molar-refractivity contribution in [1.29, 1.82) is 0 Å². The van der Waals surface area contributed by atoms with Gasteiger partial charge in [0.25, 0.3) is 0 Å². The molecular weight excluding hydrogens is 374 g/mol. The van der Waals surface area contributed by atoms with Gasteiger partial charge >= 0.3 is 0 Å². The summed E-state index contributed by atoms with van der Waals surface area (Å²) in [5.74, 6) is 1.31. The van der Waals surface area contributed by atoms with Crippen LogP contribution in [0.4, 0.5) is 0 Å². The molecule has 1 aromatic heterocycles. The Labute approximate surface area is 175 Å². The number of nitrogens with zero attached hydrogens (tertiary/aromatic N) is 3. The van der Waals surface area contributed by atoms with Crippen molar-refractivity contribution < 1.29 is 10.2 Å². The van der Waals surface area contributed by atoms with Gasteiger partial charge in [0.2, 0.25) is 0 Å². The van der Waals surface area contributed by atoms with Crippen LogP contribution in [-0.2, 0) is 0 Å². The van der Waals surface area contributed by atoms with Gasteiger partial charge in [-0.05, 0) is 74.2 Å². The Morgan fingerprint density at radius 2 is 1.03 bits per heavy atom. The number of phenols is 2. The van der Waals surface area contributed by atoms with E-state index in [0.717, 1.165) is 22.3 Å². The maximum Gasteiger partial charge on any atom is 0.167 e. The van der Waals surface area contributed by atoms with E-state index in [1.165, 1.54) is 23.3 Å². The van der Waals surface area contributed by atoms with Gasteiger partial charge in [-0.15, -0.1) is 0 Å². The Hall–Kier alpha value is -3.73. The highest BCUT2D eigenvalue weighted by molar-refractivity contribution is 5.71. The SMILES string of the molecule is Cc1ccc(-c2nc(-c3ccc(C)c(C)c3)nc(-c3ccc(O)cc3O)n2)cc1C. The third kappa shape index (κ3) is 3.74. The van der Waals surface area contributed by atoms with Gasteiger partial charge in [0.15, 0.2) is 17.5 Å². The van der Waals surface area contributed by atoms with Crippen LogP contribution in [0.1, 0.15) is 22.3 Å². The normalized spacial score (nSPS) is 10.9. The lowest BCUT2D eigenvalue weighted by Crippen LogP contribution is -2.01. The van der Waals surface area contributed by atoms with Crippen LogP contribution in [0, 0.1) is 27.7 Å². The van der Waals surface area contributed by atoms with E-state index in [-0.39, 0.29) is 11.5 Å². The van der Waals surface area contributed by atoms with E-state index in [1.807, 2.05) is 24.3 Å². The smallest absolute Gasteiger partial charge is 0.167 e. The van der Waals surface area contributed by atoms with E-state index in [9.17, 15) is 10.2 Å². The van der Waals surface area contributed by atoms with Crippen molar-refractivity contribution in [3.63, 3.8) is 0 Å². The third-order valence-electron chi connectivity index (χ3n) is 5.39. The Morgan fingerprint density at radius 1 is 0.533 bits per heavy atom. The van der Waals surface area contributed by atoms with E-state index >= 15 is 0 Å². The molecule has 0 aliphatic rings.